The summed E-state index contributed by atoms with van der Waals surface area (Å²) in [4.78, 5) is 4.29. The molecule has 2 aromatic rings. The molecule has 0 saturated heterocycles. The van der Waals surface area contributed by atoms with Crippen LogP contribution in [0.15, 0.2) is 30.6 Å². The molecule has 1 N–H and O–H groups in total. The number of rotatable bonds is 4. The monoisotopic (exact) mass is 259 g/mol. The van der Waals surface area contributed by atoms with Gasteiger partial charge in [0.2, 0.25) is 0 Å². The summed E-state index contributed by atoms with van der Waals surface area (Å²) >= 11 is 0. The Bertz CT molecular complexity index is 535. The first-order valence-corrected chi connectivity index (χ1v) is 6.57. The Hall–Kier alpha value is -1.68. The molecule has 0 radical (unpaired) electrons. The molecule has 1 aromatic carbocycles. The molecule has 0 aliphatic carbocycles. The van der Waals surface area contributed by atoms with Gasteiger partial charge in [0.1, 0.15) is 6.33 Å². The predicted octanol–water partition coefficient (Wildman–Crippen LogP) is 2.84. The van der Waals surface area contributed by atoms with Crippen LogP contribution in [0.1, 0.15) is 39.2 Å². The van der Waals surface area contributed by atoms with Crippen molar-refractivity contribution in [2.75, 3.05) is 0 Å². The van der Waals surface area contributed by atoms with Gasteiger partial charge in [-0.3, -0.25) is 0 Å². The van der Waals surface area contributed by atoms with Crippen molar-refractivity contribution in [2.45, 2.75) is 45.8 Å². The molecular weight excluding hydrogens is 238 g/mol. The third-order valence-electron chi connectivity index (χ3n) is 2.92. The molecule has 0 spiro atoms. The van der Waals surface area contributed by atoms with Crippen LogP contribution < -0.4 is 0 Å². The van der Waals surface area contributed by atoms with E-state index >= 15 is 0 Å². The van der Waals surface area contributed by atoms with E-state index in [1.165, 1.54) is 5.56 Å². The second kappa shape index (κ2) is 5.13. The Morgan fingerprint density at radius 2 is 1.84 bits per heavy atom. The van der Waals surface area contributed by atoms with Crippen LogP contribution in [0.4, 0.5) is 0 Å². The summed E-state index contributed by atoms with van der Waals surface area (Å²) in [6.07, 6.45) is 1.66. The highest BCUT2D eigenvalue weighted by Gasteiger charge is 2.15. The number of aromatic nitrogens is 3. The van der Waals surface area contributed by atoms with Crippen molar-refractivity contribution in [3.8, 4) is 11.4 Å². The molecule has 4 nitrogen and oxygen atoms in total. The first-order valence-electron chi connectivity index (χ1n) is 6.57. The maximum absolute atomic E-state index is 9.76. The van der Waals surface area contributed by atoms with Gasteiger partial charge in [-0.1, -0.05) is 38.1 Å². The van der Waals surface area contributed by atoms with Crippen LogP contribution in [0, 0.1) is 0 Å². The fraction of sp³-hybridized carbons (Fsp3) is 0.467. The van der Waals surface area contributed by atoms with Gasteiger partial charge in [0.05, 0.1) is 12.1 Å². The van der Waals surface area contributed by atoms with E-state index in [0.29, 0.717) is 18.3 Å². The van der Waals surface area contributed by atoms with E-state index in [0.717, 1.165) is 5.56 Å². The maximum atomic E-state index is 9.76. The molecule has 0 amide bonds. The van der Waals surface area contributed by atoms with Crippen LogP contribution in [-0.4, -0.2) is 25.5 Å². The molecule has 0 unspecified atom stereocenters. The topological polar surface area (TPSA) is 50.9 Å². The lowest BCUT2D eigenvalue weighted by molar-refractivity contribution is 0.0577. The Kier molecular flexibility index (Phi) is 3.71. The third kappa shape index (κ3) is 3.64. The van der Waals surface area contributed by atoms with Gasteiger partial charge < -0.3 is 5.11 Å². The second-order valence-corrected chi connectivity index (χ2v) is 5.85. The lowest BCUT2D eigenvalue weighted by atomic mass is 10.0. The predicted molar refractivity (Wildman–Crippen MR) is 75.8 cm³/mol. The number of hydrogen-bond donors (Lipinski definition) is 1. The molecule has 2 rings (SSSR count). The van der Waals surface area contributed by atoms with Gasteiger partial charge in [0, 0.05) is 5.56 Å². The standard InChI is InChI=1S/C15H21N3O/c1-11(2)12-5-7-13(8-6-12)14-16-10-18(17-14)9-15(3,4)19/h5-8,10-11,19H,9H2,1-4H3. The summed E-state index contributed by atoms with van der Waals surface area (Å²) in [5.41, 5.74) is 1.52. The van der Waals surface area contributed by atoms with E-state index in [1.54, 1.807) is 24.9 Å². The van der Waals surface area contributed by atoms with Gasteiger partial charge in [-0.05, 0) is 25.3 Å². The summed E-state index contributed by atoms with van der Waals surface area (Å²) in [6.45, 7) is 8.29. The first-order chi connectivity index (χ1) is 8.85. The molecule has 1 aromatic heterocycles. The van der Waals surface area contributed by atoms with Crippen LogP contribution in [0.2, 0.25) is 0 Å². The molecule has 4 heteroatoms. The molecule has 0 atom stereocenters. The molecule has 19 heavy (non-hydrogen) atoms. The molecule has 0 saturated carbocycles. The molecule has 0 aliphatic heterocycles. The van der Waals surface area contributed by atoms with Gasteiger partial charge >= 0.3 is 0 Å². The fourth-order valence-electron chi connectivity index (χ4n) is 1.92. The smallest absolute Gasteiger partial charge is 0.181 e. The highest BCUT2D eigenvalue weighted by atomic mass is 16.3. The Morgan fingerprint density at radius 3 is 2.37 bits per heavy atom. The maximum Gasteiger partial charge on any atom is 0.181 e. The largest absolute Gasteiger partial charge is 0.389 e. The average Bonchev–Trinajstić information content (AvgIpc) is 2.75. The zero-order valence-corrected chi connectivity index (χ0v) is 12.0. The fourth-order valence-corrected chi connectivity index (χ4v) is 1.92. The molecule has 1 heterocycles. The van der Waals surface area contributed by atoms with E-state index in [-0.39, 0.29) is 0 Å². The normalized spacial score (nSPS) is 12.1. The van der Waals surface area contributed by atoms with E-state index in [9.17, 15) is 5.11 Å². The molecule has 102 valence electrons. The number of aliphatic hydroxyl groups is 1. The van der Waals surface area contributed by atoms with E-state index in [4.69, 9.17) is 0 Å². The minimum Gasteiger partial charge on any atom is -0.389 e. The number of benzene rings is 1. The molecule has 0 fully saturated rings. The summed E-state index contributed by atoms with van der Waals surface area (Å²) in [5, 5.41) is 14.1. The van der Waals surface area contributed by atoms with Gasteiger partial charge in [-0.15, -0.1) is 0 Å². The van der Waals surface area contributed by atoms with Crippen LogP contribution in [-0.2, 0) is 6.54 Å². The quantitative estimate of drug-likeness (QED) is 0.918. The third-order valence-corrected chi connectivity index (χ3v) is 2.92. The SMILES string of the molecule is CC(C)c1ccc(-c2ncn(CC(C)(C)O)n2)cc1. The molecule has 0 aliphatic rings. The van der Waals surface area contributed by atoms with Crippen molar-refractivity contribution in [3.05, 3.63) is 36.2 Å². The van der Waals surface area contributed by atoms with Crippen molar-refractivity contribution in [2.24, 2.45) is 0 Å². The molecule has 0 bridgehead atoms. The van der Waals surface area contributed by atoms with Crippen LogP contribution in [0.5, 0.6) is 0 Å². The van der Waals surface area contributed by atoms with E-state index < -0.39 is 5.60 Å². The minimum absolute atomic E-state index is 0.435. The van der Waals surface area contributed by atoms with Gasteiger partial charge in [0.15, 0.2) is 5.82 Å². The van der Waals surface area contributed by atoms with Gasteiger partial charge in [-0.25, -0.2) is 9.67 Å². The first kappa shape index (κ1) is 13.7. The van der Waals surface area contributed by atoms with Crippen molar-refractivity contribution in [1.82, 2.24) is 14.8 Å². The van der Waals surface area contributed by atoms with Gasteiger partial charge in [-0.2, -0.15) is 5.10 Å². The second-order valence-electron chi connectivity index (χ2n) is 5.85. The Morgan fingerprint density at radius 1 is 1.21 bits per heavy atom. The highest BCUT2D eigenvalue weighted by molar-refractivity contribution is 5.54. The average molecular weight is 259 g/mol. The van der Waals surface area contributed by atoms with E-state index in [2.05, 4.69) is 36.1 Å². The lowest BCUT2D eigenvalue weighted by Gasteiger charge is -2.15. The Labute approximate surface area is 114 Å². The Balaban J connectivity index is 2.18. The van der Waals surface area contributed by atoms with Crippen molar-refractivity contribution < 1.29 is 5.11 Å². The zero-order valence-electron chi connectivity index (χ0n) is 12.0. The van der Waals surface area contributed by atoms with Crippen molar-refractivity contribution >= 4 is 0 Å². The summed E-state index contributed by atoms with van der Waals surface area (Å²) in [5.74, 6) is 1.22. The summed E-state index contributed by atoms with van der Waals surface area (Å²) in [7, 11) is 0. The molecular formula is C15H21N3O. The number of nitrogens with zero attached hydrogens (tertiary/aromatic N) is 3. The van der Waals surface area contributed by atoms with Gasteiger partial charge in [0.25, 0.3) is 0 Å². The van der Waals surface area contributed by atoms with Crippen molar-refractivity contribution in [1.29, 1.82) is 0 Å². The number of hydrogen-bond acceptors (Lipinski definition) is 3. The summed E-state index contributed by atoms with van der Waals surface area (Å²) in [6, 6.07) is 8.30. The lowest BCUT2D eigenvalue weighted by Crippen LogP contribution is -2.26. The minimum atomic E-state index is -0.785. The van der Waals surface area contributed by atoms with Crippen molar-refractivity contribution in [3.63, 3.8) is 0 Å². The van der Waals surface area contributed by atoms with Crippen LogP contribution in [0.25, 0.3) is 11.4 Å². The highest BCUT2D eigenvalue weighted by Crippen LogP contribution is 2.20. The zero-order chi connectivity index (χ0) is 14.0. The van der Waals surface area contributed by atoms with Crippen LogP contribution in [0.3, 0.4) is 0 Å². The summed E-state index contributed by atoms with van der Waals surface area (Å²) < 4.78 is 1.67. The van der Waals surface area contributed by atoms with Crippen LogP contribution >= 0.6 is 0 Å². The van der Waals surface area contributed by atoms with E-state index in [1.807, 2.05) is 12.1 Å².